The topological polar surface area (TPSA) is 66.8 Å². The maximum Gasteiger partial charge on any atom is 0.410 e. The third-order valence-corrected chi connectivity index (χ3v) is 3.19. The van der Waals surface area contributed by atoms with Gasteiger partial charge >= 0.3 is 12.1 Å². The van der Waals surface area contributed by atoms with E-state index in [1.54, 1.807) is 4.90 Å². The average Bonchev–Trinajstić information content (AvgIpc) is 2.67. The number of aliphatic carboxylic acids is 1. The molecule has 5 heteroatoms. The van der Waals surface area contributed by atoms with Crippen LogP contribution in [0.15, 0.2) is 0 Å². The molecule has 1 aliphatic heterocycles. The minimum absolute atomic E-state index is 0.139. The molecule has 1 unspecified atom stereocenters. The normalized spacial score (nSPS) is 29.1. The highest BCUT2D eigenvalue weighted by Crippen LogP contribution is 2.51. The molecule has 98 valence electrons. The van der Waals surface area contributed by atoms with Gasteiger partial charge in [0.1, 0.15) is 5.60 Å². The Balaban J connectivity index is 1.83. The number of carbonyl (C=O) groups is 2. The Morgan fingerprint density at radius 3 is 2.28 bits per heavy atom. The van der Waals surface area contributed by atoms with E-state index in [4.69, 9.17) is 9.84 Å². The van der Waals surface area contributed by atoms with E-state index in [0.29, 0.717) is 24.9 Å². The Hall–Kier alpha value is -1.70. The van der Waals surface area contributed by atoms with Gasteiger partial charge in [-0.25, -0.2) is 9.59 Å². The Bertz CT molecular complexity index is 428. The van der Waals surface area contributed by atoms with Crippen LogP contribution in [0.3, 0.4) is 0 Å². The minimum atomic E-state index is -1.09. The number of rotatable bonds is 0. The molecule has 2 fully saturated rings. The van der Waals surface area contributed by atoms with E-state index < -0.39 is 11.6 Å². The van der Waals surface area contributed by atoms with Crippen molar-refractivity contribution in [1.82, 2.24) is 4.90 Å². The largest absolute Gasteiger partial charge is 0.472 e. The molecule has 1 heterocycles. The van der Waals surface area contributed by atoms with Gasteiger partial charge in [0.05, 0.1) is 0 Å². The molecule has 0 aromatic heterocycles. The third kappa shape index (κ3) is 2.76. The SMILES string of the molecule is CC(C)(C)OC(=O)N1C[C@@H]2C(C#CC(=O)O)[C@@H]2C1. The molecule has 0 aromatic carbocycles. The molecule has 5 nitrogen and oxygen atoms in total. The van der Waals surface area contributed by atoms with Crippen LogP contribution in [-0.2, 0) is 9.53 Å². The summed E-state index contributed by atoms with van der Waals surface area (Å²) in [5.41, 5.74) is -0.480. The molecule has 0 spiro atoms. The van der Waals surface area contributed by atoms with E-state index in [9.17, 15) is 9.59 Å². The summed E-state index contributed by atoms with van der Waals surface area (Å²) in [5.74, 6) is 4.58. The van der Waals surface area contributed by atoms with Crippen LogP contribution in [0.5, 0.6) is 0 Å². The van der Waals surface area contributed by atoms with Crippen molar-refractivity contribution in [3.8, 4) is 11.8 Å². The van der Waals surface area contributed by atoms with Crippen LogP contribution in [0.4, 0.5) is 4.79 Å². The summed E-state index contributed by atoms with van der Waals surface area (Å²) >= 11 is 0. The van der Waals surface area contributed by atoms with Crippen LogP contribution < -0.4 is 0 Å². The zero-order valence-corrected chi connectivity index (χ0v) is 10.8. The Morgan fingerprint density at radius 1 is 1.28 bits per heavy atom. The van der Waals surface area contributed by atoms with Crippen molar-refractivity contribution in [2.45, 2.75) is 26.4 Å². The molecule has 2 aliphatic rings. The second kappa shape index (κ2) is 4.20. The van der Waals surface area contributed by atoms with E-state index >= 15 is 0 Å². The maximum atomic E-state index is 11.8. The molecule has 1 amide bonds. The van der Waals surface area contributed by atoms with E-state index in [1.807, 2.05) is 20.8 Å². The Morgan fingerprint density at radius 2 is 1.83 bits per heavy atom. The van der Waals surface area contributed by atoms with Gasteiger partial charge in [-0.05, 0) is 32.6 Å². The zero-order valence-electron chi connectivity index (χ0n) is 10.8. The first-order valence-electron chi connectivity index (χ1n) is 6.00. The van der Waals surface area contributed by atoms with Crippen LogP contribution >= 0.6 is 0 Å². The molecule has 0 aromatic rings. The Kier molecular flexibility index (Phi) is 2.97. The number of nitrogens with zero attached hydrogens (tertiary/aromatic N) is 1. The van der Waals surface area contributed by atoms with Crippen molar-refractivity contribution < 1.29 is 19.4 Å². The van der Waals surface area contributed by atoms with Crippen LogP contribution in [0.25, 0.3) is 0 Å². The Labute approximate surface area is 106 Å². The predicted octanol–water partition coefficient (Wildman–Crippen LogP) is 1.19. The highest BCUT2D eigenvalue weighted by molar-refractivity contribution is 5.86. The first-order valence-corrected chi connectivity index (χ1v) is 6.00. The number of amides is 1. The lowest BCUT2D eigenvalue weighted by atomic mass is 10.2. The highest BCUT2D eigenvalue weighted by Gasteiger charge is 2.56. The maximum absolute atomic E-state index is 11.8. The molecule has 18 heavy (non-hydrogen) atoms. The number of ether oxygens (including phenoxy) is 1. The summed E-state index contributed by atoms with van der Waals surface area (Å²) < 4.78 is 5.28. The molecule has 3 atom stereocenters. The smallest absolute Gasteiger partial charge is 0.410 e. The summed E-state index contributed by atoms with van der Waals surface area (Å²) in [4.78, 5) is 23.8. The molecule has 0 bridgehead atoms. The standard InChI is InChI=1S/C13H17NO4/c1-13(2,3)18-12(17)14-6-9-8(10(9)7-14)4-5-11(15)16/h8-10H,6-7H2,1-3H3,(H,15,16)/t8?,9-,10+. The first-order chi connectivity index (χ1) is 8.28. The fourth-order valence-electron chi connectivity index (χ4n) is 2.36. The summed E-state index contributed by atoms with van der Waals surface area (Å²) in [5, 5.41) is 8.46. The van der Waals surface area contributed by atoms with Gasteiger partial charge in [-0.15, -0.1) is 0 Å². The van der Waals surface area contributed by atoms with Gasteiger partial charge in [-0.1, -0.05) is 5.92 Å². The van der Waals surface area contributed by atoms with Crippen LogP contribution in [0.1, 0.15) is 20.8 Å². The second-order valence-corrected chi connectivity index (χ2v) is 5.81. The van der Waals surface area contributed by atoms with Gasteiger partial charge in [0.25, 0.3) is 0 Å². The summed E-state index contributed by atoms with van der Waals surface area (Å²) in [6.45, 7) is 6.76. The van der Waals surface area contributed by atoms with Gasteiger partial charge in [-0.3, -0.25) is 0 Å². The number of carbonyl (C=O) groups excluding carboxylic acids is 1. The number of hydrogen-bond acceptors (Lipinski definition) is 3. The van der Waals surface area contributed by atoms with Crippen molar-refractivity contribution in [2.24, 2.45) is 17.8 Å². The van der Waals surface area contributed by atoms with E-state index in [-0.39, 0.29) is 12.0 Å². The number of likely N-dealkylation sites (tertiary alicyclic amines) is 1. The quantitative estimate of drug-likeness (QED) is 0.657. The van der Waals surface area contributed by atoms with Crippen LogP contribution in [-0.4, -0.2) is 40.8 Å². The lowest BCUT2D eigenvalue weighted by Crippen LogP contribution is -2.37. The fraction of sp³-hybridized carbons (Fsp3) is 0.692. The van der Waals surface area contributed by atoms with Gasteiger partial charge in [0.2, 0.25) is 0 Å². The predicted molar refractivity (Wildman–Crippen MR) is 63.7 cm³/mol. The molecular formula is C13H17NO4. The number of carboxylic acid groups (broad SMARTS) is 1. The van der Waals surface area contributed by atoms with Gasteiger partial charge in [-0.2, -0.15) is 0 Å². The van der Waals surface area contributed by atoms with E-state index in [2.05, 4.69) is 11.8 Å². The van der Waals surface area contributed by atoms with Crippen LogP contribution in [0.2, 0.25) is 0 Å². The molecule has 1 aliphatic carbocycles. The summed E-state index contributed by atoms with van der Waals surface area (Å²) in [6.07, 6.45) is -0.292. The number of fused-ring (bicyclic) bond motifs is 1. The lowest BCUT2D eigenvalue weighted by molar-refractivity contribution is -0.130. The third-order valence-electron chi connectivity index (χ3n) is 3.19. The van der Waals surface area contributed by atoms with Crippen molar-refractivity contribution in [2.75, 3.05) is 13.1 Å². The summed E-state index contributed by atoms with van der Waals surface area (Å²) in [7, 11) is 0. The van der Waals surface area contributed by atoms with E-state index in [1.165, 1.54) is 0 Å². The lowest BCUT2D eigenvalue weighted by Gasteiger charge is -2.25. The number of hydrogen-bond donors (Lipinski definition) is 1. The number of carboxylic acids is 1. The molecular weight excluding hydrogens is 234 g/mol. The number of piperidine rings is 1. The van der Waals surface area contributed by atoms with Gasteiger partial charge in [0.15, 0.2) is 0 Å². The van der Waals surface area contributed by atoms with Gasteiger partial charge < -0.3 is 14.7 Å². The van der Waals surface area contributed by atoms with Crippen molar-refractivity contribution in [3.05, 3.63) is 0 Å². The summed E-state index contributed by atoms with van der Waals surface area (Å²) in [6, 6.07) is 0. The molecule has 1 N–H and O–H groups in total. The van der Waals surface area contributed by atoms with Crippen molar-refractivity contribution in [1.29, 1.82) is 0 Å². The second-order valence-electron chi connectivity index (χ2n) is 5.81. The first kappa shape index (κ1) is 12.7. The molecule has 1 saturated carbocycles. The molecule has 0 radical (unpaired) electrons. The van der Waals surface area contributed by atoms with Crippen molar-refractivity contribution in [3.63, 3.8) is 0 Å². The zero-order chi connectivity index (χ0) is 13.5. The molecule has 1 saturated heterocycles. The fourth-order valence-corrected chi connectivity index (χ4v) is 2.36. The van der Waals surface area contributed by atoms with Crippen LogP contribution in [0, 0.1) is 29.6 Å². The average molecular weight is 251 g/mol. The highest BCUT2D eigenvalue weighted by atomic mass is 16.6. The minimum Gasteiger partial charge on any atom is -0.472 e. The monoisotopic (exact) mass is 251 g/mol. The van der Waals surface area contributed by atoms with Crippen molar-refractivity contribution >= 4 is 12.1 Å². The van der Waals surface area contributed by atoms with E-state index in [0.717, 1.165) is 0 Å². The molecule has 2 rings (SSSR count). The van der Waals surface area contributed by atoms with Gasteiger partial charge in [0, 0.05) is 24.9 Å².